The number of rotatable bonds is 4. The van der Waals surface area contributed by atoms with E-state index >= 15 is 0 Å². The van der Waals surface area contributed by atoms with Crippen molar-refractivity contribution in [2.45, 2.75) is 13.8 Å². The largest absolute Gasteiger partial charge is 0.416 e. The minimum Gasteiger partial charge on any atom is -0.390 e. The predicted octanol–water partition coefficient (Wildman–Crippen LogP) is 3.20. The maximum absolute atomic E-state index is 13.0. The molecule has 2 aromatic heterocycles. The van der Waals surface area contributed by atoms with E-state index in [0.717, 1.165) is 0 Å². The molecule has 0 saturated heterocycles. The van der Waals surface area contributed by atoms with Crippen molar-refractivity contribution in [2.24, 2.45) is 0 Å². The maximum atomic E-state index is 13.0. The molecule has 0 spiro atoms. The van der Waals surface area contributed by atoms with Crippen molar-refractivity contribution < 1.29 is 9.53 Å². The third-order valence-electron chi connectivity index (χ3n) is 3.97. The summed E-state index contributed by atoms with van der Waals surface area (Å²) < 4.78 is 6.94. The van der Waals surface area contributed by atoms with E-state index in [-0.39, 0.29) is 17.0 Å². The van der Waals surface area contributed by atoms with Gasteiger partial charge in [0, 0.05) is 19.3 Å². The maximum Gasteiger partial charge on any atom is 0.416 e. The Morgan fingerprint density at radius 2 is 1.76 bits per heavy atom. The Labute approximate surface area is 145 Å². The van der Waals surface area contributed by atoms with E-state index in [2.05, 4.69) is 4.98 Å². The molecule has 0 atom stereocenters. The van der Waals surface area contributed by atoms with E-state index in [9.17, 15) is 9.59 Å². The van der Waals surface area contributed by atoms with Gasteiger partial charge in [0.25, 0.3) is 5.56 Å². The second kappa shape index (κ2) is 7.17. The number of aromatic nitrogens is 2. The van der Waals surface area contributed by atoms with Gasteiger partial charge >= 0.3 is 6.09 Å². The number of hydrogen-bond acceptors (Lipinski definition) is 4. The Morgan fingerprint density at radius 3 is 2.44 bits per heavy atom. The highest BCUT2D eigenvalue weighted by Gasteiger charge is 2.20. The molecule has 1 amide bonds. The first kappa shape index (κ1) is 16.7. The Kier molecular flexibility index (Phi) is 4.79. The molecule has 128 valence electrons. The van der Waals surface area contributed by atoms with Gasteiger partial charge in [0.05, 0.1) is 0 Å². The van der Waals surface area contributed by atoms with Crippen molar-refractivity contribution in [3.05, 3.63) is 65.1 Å². The number of nitrogens with zero attached hydrogens (tertiary/aromatic N) is 3. The summed E-state index contributed by atoms with van der Waals surface area (Å²) in [5.41, 5.74) is 1.07. The summed E-state index contributed by atoms with van der Waals surface area (Å²) in [6.45, 7) is 4.77. The van der Waals surface area contributed by atoms with Crippen molar-refractivity contribution in [1.29, 1.82) is 0 Å². The summed E-state index contributed by atoms with van der Waals surface area (Å²) in [5.74, 6) is 0.0271. The van der Waals surface area contributed by atoms with Gasteiger partial charge in [-0.05, 0) is 31.5 Å². The predicted molar refractivity (Wildman–Crippen MR) is 95.8 cm³/mol. The number of benzene rings is 1. The van der Waals surface area contributed by atoms with Crippen LogP contribution in [-0.4, -0.2) is 33.5 Å². The average molecular weight is 337 g/mol. The van der Waals surface area contributed by atoms with Gasteiger partial charge in [0.2, 0.25) is 5.88 Å². The molecule has 1 aromatic carbocycles. The summed E-state index contributed by atoms with van der Waals surface area (Å²) in [4.78, 5) is 31.2. The van der Waals surface area contributed by atoms with Gasteiger partial charge < -0.3 is 9.64 Å². The summed E-state index contributed by atoms with van der Waals surface area (Å²) in [6, 6.07) is 14.3. The van der Waals surface area contributed by atoms with Gasteiger partial charge in [-0.15, -0.1) is 0 Å². The van der Waals surface area contributed by atoms with E-state index in [4.69, 9.17) is 4.74 Å². The minimum atomic E-state index is -0.519. The van der Waals surface area contributed by atoms with Gasteiger partial charge in [-0.3, -0.25) is 9.20 Å². The lowest BCUT2D eigenvalue weighted by molar-refractivity contribution is 0.155. The summed E-state index contributed by atoms with van der Waals surface area (Å²) >= 11 is 0. The van der Waals surface area contributed by atoms with Crippen molar-refractivity contribution in [3.63, 3.8) is 0 Å². The van der Waals surface area contributed by atoms with E-state index in [1.165, 1.54) is 9.30 Å². The van der Waals surface area contributed by atoms with Crippen LogP contribution < -0.4 is 10.3 Å². The van der Waals surface area contributed by atoms with Crippen molar-refractivity contribution in [3.8, 4) is 17.0 Å². The second-order valence-electron chi connectivity index (χ2n) is 5.43. The van der Waals surface area contributed by atoms with Crippen LogP contribution in [0.25, 0.3) is 16.8 Å². The molecular formula is C19H19N3O3. The van der Waals surface area contributed by atoms with Gasteiger partial charge in [0.15, 0.2) is 0 Å². The smallest absolute Gasteiger partial charge is 0.390 e. The Bertz CT molecular complexity index is 947. The molecule has 0 aliphatic heterocycles. The Hall–Kier alpha value is -3.15. The zero-order valence-electron chi connectivity index (χ0n) is 14.2. The standard InChI is InChI=1S/C19H19N3O3/c1-3-21(4-2)19(24)25-17-16(14-10-6-5-7-11-14)18(23)22-13-9-8-12-15(22)20-17/h5-13H,3-4H2,1-2H3. The number of carbonyl (C=O) groups excluding carboxylic acids is 1. The van der Waals surface area contributed by atoms with Crippen LogP contribution in [-0.2, 0) is 0 Å². The van der Waals surface area contributed by atoms with Crippen LogP contribution in [0.15, 0.2) is 59.5 Å². The normalized spacial score (nSPS) is 10.6. The van der Waals surface area contributed by atoms with Gasteiger partial charge in [-0.2, -0.15) is 4.98 Å². The highest BCUT2D eigenvalue weighted by Crippen LogP contribution is 2.25. The van der Waals surface area contributed by atoms with Crippen LogP contribution in [0.2, 0.25) is 0 Å². The highest BCUT2D eigenvalue weighted by atomic mass is 16.6. The number of fused-ring (bicyclic) bond motifs is 1. The van der Waals surface area contributed by atoms with Crippen LogP contribution in [0.5, 0.6) is 5.88 Å². The van der Waals surface area contributed by atoms with Crippen LogP contribution in [0.4, 0.5) is 4.79 Å². The van der Waals surface area contributed by atoms with Crippen molar-refractivity contribution in [2.75, 3.05) is 13.1 Å². The fraction of sp³-hybridized carbons (Fsp3) is 0.211. The number of hydrogen-bond donors (Lipinski definition) is 0. The van der Waals surface area contributed by atoms with Crippen LogP contribution in [0, 0.1) is 0 Å². The molecular weight excluding hydrogens is 318 g/mol. The number of ether oxygens (including phenoxy) is 1. The Morgan fingerprint density at radius 1 is 1.08 bits per heavy atom. The third-order valence-corrected chi connectivity index (χ3v) is 3.97. The molecule has 0 aliphatic carbocycles. The molecule has 6 nitrogen and oxygen atoms in total. The first-order chi connectivity index (χ1) is 12.2. The molecule has 6 heteroatoms. The molecule has 0 saturated carbocycles. The van der Waals surface area contributed by atoms with Gasteiger partial charge in [-0.1, -0.05) is 36.4 Å². The molecule has 0 unspecified atom stereocenters. The topological polar surface area (TPSA) is 63.9 Å². The van der Waals surface area contributed by atoms with E-state index in [1.54, 1.807) is 36.5 Å². The molecule has 0 radical (unpaired) electrons. The minimum absolute atomic E-state index is 0.0271. The molecule has 0 bridgehead atoms. The number of pyridine rings is 1. The molecule has 0 fully saturated rings. The average Bonchev–Trinajstić information content (AvgIpc) is 2.64. The van der Waals surface area contributed by atoms with Gasteiger partial charge in [-0.25, -0.2) is 4.79 Å². The zero-order valence-corrected chi connectivity index (χ0v) is 14.2. The van der Waals surface area contributed by atoms with Crippen molar-refractivity contribution >= 4 is 11.7 Å². The van der Waals surface area contributed by atoms with E-state index in [0.29, 0.717) is 24.3 Å². The molecule has 3 aromatic rings. The summed E-state index contributed by atoms with van der Waals surface area (Å²) in [7, 11) is 0. The molecule has 0 N–H and O–H groups in total. The van der Waals surface area contributed by atoms with Crippen LogP contribution >= 0.6 is 0 Å². The number of carbonyl (C=O) groups is 1. The molecule has 0 aliphatic rings. The van der Waals surface area contributed by atoms with E-state index in [1.807, 2.05) is 32.0 Å². The highest BCUT2D eigenvalue weighted by molar-refractivity contribution is 5.76. The van der Waals surface area contributed by atoms with Gasteiger partial charge in [0.1, 0.15) is 11.2 Å². The first-order valence-corrected chi connectivity index (χ1v) is 8.19. The second-order valence-corrected chi connectivity index (χ2v) is 5.43. The summed E-state index contributed by atoms with van der Waals surface area (Å²) in [6.07, 6.45) is 1.13. The van der Waals surface area contributed by atoms with Crippen LogP contribution in [0.3, 0.4) is 0 Å². The third kappa shape index (κ3) is 3.24. The first-order valence-electron chi connectivity index (χ1n) is 8.19. The SMILES string of the molecule is CCN(CC)C(=O)Oc1nc2ccccn2c(=O)c1-c1ccccc1. The summed E-state index contributed by atoms with van der Waals surface area (Å²) in [5, 5.41) is 0. The quantitative estimate of drug-likeness (QED) is 0.733. The fourth-order valence-electron chi connectivity index (χ4n) is 2.62. The molecule has 25 heavy (non-hydrogen) atoms. The molecule has 2 heterocycles. The monoisotopic (exact) mass is 337 g/mol. The fourth-order valence-corrected chi connectivity index (χ4v) is 2.62. The van der Waals surface area contributed by atoms with Crippen molar-refractivity contribution in [1.82, 2.24) is 14.3 Å². The lowest BCUT2D eigenvalue weighted by Gasteiger charge is -2.18. The zero-order chi connectivity index (χ0) is 17.8. The lowest BCUT2D eigenvalue weighted by atomic mass is 10.1. The molecule has 3 rings (SSSR count). The van der Waals surface area contributed by atoms with Crippen LogP contribution in [0.1, 0.15) is 13.8 Å². The number of amides is 1. The lowest BCUT2D eigenvalue weighted by Crippen LogP contribution is -2.34. The Balaban J connectivity index is 2.19. The van der Waals surface area contributed by atoms with E-state index < -0.39 is 6.09 Å².